The number of nitrogens with one attached hydrogen (secondary N) is 1. The topological polar surface area (TPSA) is 99.9 Å². The third kappa shape index (κ3) is 4.23. The van der Waals surface area contributed by atoms with Gasteiger partial charge in [0.1, 0.15) is 12.4 Å². The zero-order valence-corrected chi connectivity index (χ0v) is 13.5. The number of hydrogen-bond donors (Lipinski definition) is 1. The highest BCUT2D eigenvalue weighted by Crippen LogP contribution is 2.33. The Bertz CT molecular complexity index is 722. The van der Waals surface area contributed by atoms with Gasteiger partial charge >= 0.3 is 6.18 Å². The Morgan fingerprint density at radius 1 is 1.38 bits per heavy atom. The molecule has 2 rings (SSSR count). The molecule has 142 valence electrons. The van der Waals surface area contributed by atoms with E-state index >= 15 is 0 Å². The highest BCUT2D eigenvalue weighted by atomic mass is 19.4. The lowest BCUT2D eigenvalue weighted by Gasteiger charge is -2.35. The second-order valence-corrected chi connectivity index (χ2v) is 5.21. The maximum atomic E-state index is 13.5. The SMILES string of the molecule is CCOC(CO[N+](=O)[O-])(NC(=O)C1=Cc2ccccc2OC1)C(F)(F)F. The molecule has 1 amide bonds. The first kappa shape index (κ1) is 19.5. The number of rotatable bonds is 7. The molecule has 1 atom stereocenters. The highest BCUT2D eigenvalue weighted by molar-refractivity contribution is 5.99. The van der Waals surface area contributed by atoms with Gasteiger partial charge in [-0.1, -0.05) is 18.2 Å². The van der Waals surface area contributed by atoms with E-state index in [4.69, 9.17) is 4.74 Å². The van der Waals surface area contributed by atoms with Crippen LogP contribution in [0.25, 0.3) is 6.08 Å². The second kappa shape index (κ2) is 7.60. The van der Waals surface area contributed by atoms with Crippen LogP contribution in [-0.4, -0.2) is 42.7 Å². The normalized spacial score (nSPS) is 15.8. The Morgan fingerprint density at radius 3 is 2.69 bits per heavy atom. The summed E-state index contributed by atoms with van der Waals surface area (Å²) in [4.78, 5) is 26.5. The molecule has 26 heavy (non-hydrogen) atoms. The van der Waals surface area contributed by atoms with Gasteiger partial charge in [0.15, 0.2) is 6.61 Å². The maximum Gasteiger partial charge on any atom is 0.438 e. The molecule has 1 aliphatic heterocycles. The van der Waals surface area contributed by atoms with Crippen molar-refractivity contribution in [2.75, 3.05) is 19.8 Å². The minimum Gasteiger partial charge on any atom is -0.488 e. The Labute approximate surface area is 145 Å². The number of carbonyl (C=O) groups is 1. The molecule has 8 nitrogen and oxygen atoms in total. The van der Waals surface area contributed by atoms with Gasteiger partial charge in [-0.15, -0.1) is 10.1 Å². The number of para-hydroxylation sites is 1. The van der Waals surface area contributed by atoms with Crippen molar-refractivity contribution in [3.63, 3.8) is 0 Å². The number of ether oxygens (including phenoxy) is 2. The predicted molar refractivity (Wildman–Crippen MR) is 81.4 cm³/mol. The van der Waals surface area contributed by atoms with Gasteiger partial charge in [0, 0.05) is 12.2 Å². The summed E-state index contributed by atoms with van der Waals surface area (Å²) in [6.45, 7) is -1.04. The van der Waals surface area contributed by atoms with Gasteiger partial charge in [0.05, 0.1) is 5.57 Å². The smallest absolute Gasteiger partial charge is 0.438 e. The first-order valence-corrected chi connectivity index (χ1v) is 7.41. The summed E-state index contributed by atoms with van der Waals surface area (Å²) in [5.41, 5.74) is -2.96. The van der Waals surface area contributed by atoms with E-state index in [0.29, 0.717) is 11.3 Å². The number of alkyl halides is 3. The fourth-order valence-corrected chi connectivity index (χ4v) is 2.25. The number of halogens is 3. The third-order valence-electron chi connectivity index (χ3n) is 3.46. The average Bonchev–Trinajstić information content (AvgIpc) is 2.58. The van der Waals surface area contributed by atoms with Crippen molar-refractivity contribution in [3.05, 3.63) is 45.5 Å². The Hall–Kier alpha value is -2.82. The molecule has 1 unspecified atom stereocenters. The van der Waals surface area contributed by atoms with Crippen LogP contribution in [0.4, 0.5) is 13.2 Å². The van der Waals surface area contributed by atoms with Gasteiger partial charge in [-0.2, -0.15) is 13.2 Å². The van der Waals surface area contributed by atoms with Gasteiger partial charge in [-0.25, -0.2) is 0 Å². The minimum absolute atomic E-state index is 0.0990. The summed E-state index contributed by atoms with van der Waals surface area (Å²) in [6, 6.07) is 6.64. The molecular weight excluding hydrogens is 361 g/mol. The van der Waals surface area contributed by atoms with E-state index < -0.39 is 36.1 Å². The predicted octanol–water partition coefficient (Wildman–Crippen LogP) is 2.08. The summed E-state index contributed by atoms with van der Waals surface area (Å²) >= 11 is 0. The molecule has 11 heteroatoms. The van der Waals surface area contributed by atoms with E-state index in [2.05, 4.69) is 9.57 Å². The summed E-state index contributed by atoms with van der Waals surface area (Å²) in [5, 5.41) is 10.6. The van der Waals surface area contributed by atoms with E-state index in [-0.39, 0.29) is 12.2 Å². The monoisotopic (exact) mass is 376 g/mol. The number of hydrogen-bond acceptors (Lipinski definition) is 6. The number of carbonyl (C=O) groups excluding carboxylic acids is 1. The molecule has 1 aromatic rings. The molecule has 1 heterocycles. The van der Waals surface area contributed by atoms with Gasteiger partial charge in [0.2, 0.25) is 0 Å². The molecule has 0 spiro atoms. The largest absolute Gasteiger partial charge is 0.488 e. The first-order valence-electron chi connectivity index (χ1n) is 7.41. The lowest BCUT2D eigenvalue weighted by atomic mass is 10.1. The first-order chi connectivity index (χ1) is 12.2. The second-order valence-electron chi connectivity index (χ2n) is 5.21. The zero-order chi connectivity index (χ0) is 19.4. The number of amides is 1. The van der Waals surface area contributed by atoms with Crippen molar-refractivity contribution in [1.82, 2.24) is 5.32 Å². The summed E-state index contributed by atoms with van der Waals surface area (Å²) in [7, 11) is 0. The van der Waals surface area contributed by atoms with Gasteiger partial charge in [-0.3, -0.25) is 4.79 Å². The van der Waals surface area contributed by atoms with Crippen LogP contribution in [0.1, 0.15) is 12.5 Å². The number of nitrogens with zero attached hydrogens (tertiary/aromatic N) is 1. The lowest BCUT2D eigenvalue weighted by Crippen LogP contribution is -2.64. The van der Waals surface area contributed by atoms with E-state index in [1.165, 1.54) is 13.0 Å². The Kier molecular flexibility index (Phi) is 5.70. The van der Waals surface area contributed by atoms with Crippen LogP contribution in [0.5, 0.6) is 5.75 Å². The summed E-state index contributed by atoms with van der Waals surface area (Å²) in [5.74, 6) is -0.662. The van der Waals surface area contributed by atoms with E-state index in [9.17, 15) is 28.1 Å². The fraction of sp³-hybridized carbons (Fsp3) is 0.400. The Balaban J connectivity index is 2.28. The van der Waals surface area contributed by atoms with Crippen molar-refractivity contribution < 1.29 is 37.4 Å². The lowest BCUT2D eigenvalue weighted by molar-refractivity contribution is -0.762. The van der Waals surface area contributed by atoms with Gasteiger partial charge < -0.3 is 19.6 Å². The number of benzene rings is 1. The molecule has 0 saturated heterocycles. The van der Waals surface area contributed by atoms with Crippen molar-refractivity contribution in [1.29, 1.82) is 0 Å². The van der Waals surface area contributed by atoms with Crippen LogP contribution in [0.2, 0.25) is 0 Å². The summed E-state index contributed by atoms with van der Waals surface area (Å²) < 4.78 is 50.4. The van der Waals surface area contributed by atoms with Crippen LogP contribution >= 0.6 is 0 Å². The highest BCUT2D eigenvalue weighted by Gasteiger charge is 2.58. The van der Waals surface area contributed by atoms with Crippen LogP contribution in [0, 0.1) is 10.1 Å². The number of fused-ring (bicyclic) bond motifs is 1. The van der Waals surface area contributed by atoms with E-state index in [1.54, 1.807) is 29.6 Å². The molecular formula is C15H15F3N2O6. The third-order valence-corrected chi connectivity index (χ3v) is 3.46. The molecule has 0 fully saturated rings. The van der Waals surface area contributed by atoms with Gasteiger partial charge in [0.25, 0.3) is 16.7 Å². The van der Waals surface area contributed by atoms with Crippen LogP contribution in [-0.2, 0) is 14.4 Å². The van der Waals surface area contributed by atoms with Crippen LogP contribution in [0.3, 0.4) is 0 Å². The van der Waals surface area contributed by atoms with Crippen molar-refractivity contribution >= 4 is 12.0 Å². The molecule has 1 N–H and O–H groups in total. The fourth-order valence-electron chi connectivity index (χ4n) is 2.25. The van der Waals surface area contributed by atoms with Crippen LogP contribution < -0.4 is 10.1 Å². The molecule has 0 aliphatic carbocycles. The quantitative estimate of drug-likeness (QED) is 0.444. The molecule has 0 saturated carbocycles. The molecule has 0 radical (unpaired) electrons. The molecule has 1 aromatic carbocycles. The van der Waals surface area contributed by atoms with Crippen molar-refractivity contribution in [3.8, 4) is 5.75 Å². The molecule has 1 aliphatic rings. The Morgan fingerprint density at radius 2 is 2.08 bits per heavy atom. The van der Waals surface area contributed by atoms with Crippen molar-refractivity contribution in [2.45, 2.75) is 18.8 Å². The molecule has 0 bridgehead atoms. The van der Waals surface area contributed by atoms with E-state index in [0.717, 1.165) is 0 Å². The average molecular weight is 376 g/mol. The maximum absolute atomic E-state index is 13.5. The van der Waals surface area contributed by atoms with E-state index in [1.807, 2.05) is 0 Å². The zero-order valence-electron chi connectivity index (χ0n) is 13.5. The minimum atomic E-state index is -5.16. The van der Waals surface area contributed by atoms with Gasteiger partial charge in [-0.05, 0) is 19.1 Å². The van der Waals surface area contributed by atoms with Crippen LogP contribution in [0.15, 0.2) is 29.8 Å². The summed E-state index contributed by atoms with van der Waals surface area (Å²) in [6.07, 6.45) is -3.79. The molecule has 0 aromatic heterocycles. The van der Waals surface area contributed by atoms with Crippen molar-refractivity contribution in [2.24, 2.45) is 0 Å². The standard InChI is InChI=1S/C15H15F3N2O6/c1-2-25-14(15(16,17)18,9-26-20(22)23)19-13(21)11-7-10-5-3-4-6-12(10)24-8-11/h3-7H,2,8-9H2,1H3,(H,19,21).